The minimum Gasteiger partial charge on any atom is -0.488 e. The number of hydrogen-bond acceptors (Lipinski definition) is 3. The summed E-state index contributed by atoms with van der Waals surface area (Å²) in [5.74, 6) is 0.902. The molecule has 0 aromatic heterocycles. The number of rotatable bonds is 7. The van der Waals surface area contributed by atoms with Gasteiger partial charge < -0.3 is 9.47 Å². The number of carbonyl (C=O) groups excluding carboxylic acids is 1. The molecule has 0 atom stereocenters. The lowest BCUT2D eigenvalue weighted by atomic mass is 9.92. The fourth-order valence-corrected chi connectivity index (χ4v) is 3.54. The predicted octanol–water partition coefficient (Wildman–Crippen LogP) is 6.41. The maximum absolute atomic E-state index is 11.8. The molecule has 0 spiro atoms. The van der Waals surface area contributed by atoms with Gasteiger partial charge >= 0.3 is 5.97 Å². The van der Waals surface area contributed by atoms with Crippen LogP contribution in [-0.4, -0.2) is 13.1 Å². The molecule has 29 heavy (non-hydrogen) atoms. The van der Waals surface area contributed by atoms with Crippen LogP contribution < -0.4 is 4.74 Å². The molecule has 0 amide bonds. The fourth-order valence-electron chi connectivity index (χ4n) is 3.54. The maximum Gasteiger partial charge on any atom is 0.337 e. The monoisotopic (exact) mass is 388 g/mol. The van der Waals surface area contributed by atoms with Crippen LogP contribution in [0.5, 0.6) is 5.75 Å². The molecular weight excluding hydrogens is 360 g/mol. The van der Waals surface area contributed by atoms with Crippen molar-refractivity contribution in [3.8, 4) is 16.9 Å². The smallest absolute Gasteiger partial charge is 0.337 e. The van der Waals surface area contributed by atoms with Crippen molar-refractivity contribution in [3.05, 3.63) is 89.0 Å². The van der Waals surface area contributed by atoms with Crippen LogP contribution in [0.2, 0.25) is 0 Å². The van der Waals surface area contributed by atoms with E-state index in [1.807, 2.05) is 18.2 Å². The maximum atomic E-state index is 11.8. The van der Waals surface area contributed by atoms with Crippen LogP contribution in [0.3, 0.4) is 0 Å². The molecule has 0 N–H and O–H groups in total. The van der Waals surface area contributed by atoms with E-state index in [2.05, 4.69) is 63.2 Å². The van der Waals surface area contributed by atoms with E-state index in [0.717, 1.165) is 23.3 Å². The first-order valence-corrected chi connectivity index (χ1v) is 10.1. The molecule has 3 rings (SSSR count). The van der Waals surface area contributed by atoms with Crippen LogP contribution in [0.15, 0.2) is 66.7 Å². The first-order valence-electron chi connectivity index (χ1n) is 10.1. The molecule has 3 nitrogen and oxygen atoms in total. The molecule has 0 unspecified atom stereocenters. The highest BCUT2D eigenvalue weighted by Gasteiger charge is 2.16. The summed E-state index contributed by atoms with van der Waals surface area (Å²) in [5.41, 5.74) is 6.25. The quantitative estimate of drug-likeness (QED) is 0.439. The van der Waals surface area contributed by atoms with Gasteiger partial charge in [0.05, 0.1) is 12.7 Å². The number of benzene rings is 3. The lowest BCUT2D eigenvalue weighted by Gasteiger charge is -2.20. The van der Waals surface area contributed by atoms with E-state index in [0.29, 0.717) is 18.1 Å². The van der Waals surface area contributed by atoms with Crippen LogP contribution in [0.1, 0.15) is 53.7 Å². The Labute approximate surface area is 173 Å². The summed E-state index contributed by atoms with van der Waals surface area (Å²) in [5, 5.41) is 0. The van der Waals surface area contributed by atoms with Gasteiger partial charge in [-0.05, 0) is 46.7 Å². The normalized spacial score (nSPS) is 10.8. The van der Waals surface area contributed by atoms with E-state index in [1.165, 1.54) is 23.8 Å². The summed E-state index contributed by atoms with van der Waals surface area (Å²) in [6, 6.07) is 22.2. The van der Waals surface area contributed by atoms with Crippen molar-refractivity contribution >= 4 is 5.97 Å². The first kappa shape index (κ1) is 20.7. The number of carbonyl (C=O) groups is 1. The first-order chi connectivity index (χ1) is 14.0. The second kappa shape index (κ2) is 9.42. The molecule has 0 saturated heterocycles. The zero-order valence-electron chi connectivity index (χ0n) is 17.6. The summed E-state index contributed by atoms with van der Waals surface area (Å²) >= 11 is 0. The van der Waals surface area contributed by atoms with Crippen molar-refractivity contribution in [1.82, 2.24) is 0 Å². The van der Waals surface area contributed by atoms with Crippen molar-refractivity contribution in [2.24, 2.45) is 0 Å². The second-order valence-corrected chi connectivity index (χ2v) is 7.37. The third kappa shape index (κ3) is 4.68. The van der Waals surface area contributed by atoms with Gasteiger partial charge in [-0.25, -0.2) is 4.79 Å². The number of ether oxygens (including phenoxy) is 2. The molecule has 0 aliphatic rings. The van der Waals surface area contributed by atoms with Crippen LogP contribution in [0.4, 0.5) is 0 Å². The van der Waals surface area contributed by atoms with E-state index in [-0.39, 0.29) is 5.97 Å². The van der Waals surface area contributed by atoms with Gasteiger partial charge in [0, 0.05) is 5.56 Å². The summed E-state index contributed by atoms with van der Waals surface area (Å²) in [6.07, 6.45) is 0.961. The highest BCUT2D eigenvalue weighted by molar-refractivity contribution is 5.89. The highest BCUT2D eigenvalue weighted by Crippen LogP contribution is 2.39. The Balaban J connectivity index is 1.99. The van der Waals surface area contributed by atoms with Crippen LogP contribution in [-0.2, 0) is 17.8 Å². The predicted molar refractivity (Wildman–Crippen MR) is 117 cm³/mol. The summed E-state index contributed by atoms with van der Waals surface area (Å²) in [4.78, 5) is 11.8. The molecule has 0 radical (unpaired) electrons. The SMILES string of the molecule is CCc1ccccc1-c1cccc(C(C)C)c1OCc1cccc(C(=O)OC)c1. The van der Waals surface area contributed by atoms with Crippen molar-refractivity contribution in [3.63, 3.8) is 0 Å². The Hall–Kier alpha value is -3.07. The van der Waals surface area contributed by atoms with Crippen LogP contribution >= 0.6 is 0 Å². The second-order valence-electron chi connectivity index (χ2n) is 7.37. The molecule has 0 saturated carbocycles. The lowest BCUT2D eigenvalue weighted by Crippen LogP contribution is -2.05. The standard InChI is InChI=1S/C26H28O3/c1-5-20-11-6-7-13-23(20)24-15-9-14-22(18(2)3)25(24)29-17-19-10-8-12-21(16-19)26(27)28-4/h6-16,18H,5,17H2,1-4H3. The number of hydrogen-bond donors (Lipinski definition) is 0. The van der Waals surface area contributed by atoms with Gasteiger partial charge in [-0.15, -0.1) is 0 Å². The van der Waals surface area contributed by atoms with Gasteiger partial charge in [0.1, 0.15) is 12.4 Å². The van der Waals surface area contributed by atoms with E-state index in [1.54, 1.807) is 6.07 Å². The van der Waals surface area contributed by atoms with Gasteiger partial charge in [-0.1, -0.05) is 75.4 Å². The van der Waals surface area contributed by atoms with Crippen molar-refractivity contribution < 1.29 is 14.3 Å². The zero-order valence-corrected chi connectivity index (χ0v) is 17.6. The average molecular weight is 389 g/mol. The number of methoxy groups -OCH3 is 1. The van der Waals surface area contributed by atoms with Crippen molar-refractivity contribution in [2.75, 3.05) is 7.11 Å². The molecule has 0 bridgehead atoms. The molecule has 3 aromatic rings. The Morgan fingerprint density at radius 1 is 0.931 bits per heavy atom. The molecular formula is C26H28O3. The van der Waals surface area contributed by atoms with Crippen molar-refractivity contribution in [2.45, 2.75) is 39.7 Å². The molecule has 0 aliphatic heterocycles. The number of para-hydroxylation sites is 1. The molecule has 150 valence electrons. The molecule has 3 aromatic carbocycles. The van der Waals surface area contributed by atoms with Crippen molar-refractivity contribution in [1.29, 1.82) is 0 Å². The summed E-state index contributed by atoms with van der Waals surface area (Å²) in [6.45, 7) is 6.91. The Kier molecular flexibility index (Phi) is 6.71. The van der Waals surface area contributed by atoms with Crippen LogP contribution in [0.25, 0.3) is 11.1 Å². The number of esters is 1. The van der Waals surface area contributed by atoms with E-state index in [4.69, 9.17) is 9.47 Å². The van der Waals surface area contributed by atoms with E-state index < -0.39 is 0 Å². The van der Waals surface area contributed by atoms with Gasteiger partial charge in [0.25, 0.3) is 0 Å². The van der Waals surface area contributed by atoms with Crippen LogP contribution in [0, 0.1) is 0 Å². The highest BCUT2D eigenvalue weighted by atomic mass is 16.5. The molecule has 0 fully saturated rings. The van der Waals surface area contributed by atoms with E-state index >= 15 is 0 Å². The third-order valence-electron chi connectivity index (χ3n) is 5.09. The Morgan fingerprint density at radius 2 is 1.66 bits per heavy atom. The van der Waals surface area contributed by atoms with E-state index in [9.17, 15) is 4.79 Å². The third-order valence-corrected chi connectivity index (χ3v) is 5.09. The van der Waals surface area contributed by atoms with Gasteiger partial charge in [-0.2, -0.15) is 0 Å². The average Bonchev–Trinajstić information content (AvgIpc) is 2.76. The Morgan fingerprint density at radius 3 is 2.38 bits per heavy atom. The summed E-state index contributed by atoms with van der Waals surface area (Å²) < 4.78 is 11.2. The molecule has 0 aliphatic carbocycles. The molecule has 3 heteroatoms. The largest absolute Gasteiger partial charge is 0.488 e. The van der Waals surface area contributed by atoms with Gasteiger partial charge in [-0.3, -0.25) is 0 Å². The fraction of sp³-hybridized carbons (Fsp3) is 0.269. The topological polar surface area (TPSA) is 35.5 Å². The zero-order chi connectivity index (χ0) is 20.8. The summed E-state index contributed by atoms with van der Waals surface area (Å²) in [7, 11) is 1.39. The van der Waals surface area contributed by atoms with Gasteiger partial charge in [0.15, 0.2) is 0 Å². The van der Waals surface area contributed by atoms with Gasteiger partial charge in [0.2, 0.25) is 0 Å². The minimum absolute atomic E-state index is 0.333. The molecule has 0 heterocycles. The number of aryl methyl sites for hydroxylation is 1. The Bertz CT molecular complexity index is 989. The minimum atomic E-state index is -0.341. The lowest BCUT2D eigenvalue weighted by molar-refractivity contribution is 0.0600.